The molecule has 38 heavy (non-hydrogen) atoms. The molecule has 10 heteroatoms. The third kappa shape index (κ3) is 4.48. The van der Waals surface area contributed by atoms with Crippen LogP contribution in [0.2, 0.25) is 0 Å². The highest BCUT2D eigenvalue weighted by Gasteiger charge is 2.68. The maximum absolute atomic E-state index is 14.1. The molecule has 0 aromatic carbocycles. The molecule has 1 aliphatic heterocycles. The van der Waals surface area contributed by atoms with Gasteiger partial charge in [0.25, 0.3) is 0 Å². The molecule has 0 spiro atoms. The molecular weight excluding hydrogens is 496 g/mol. The lowest BCUT2D eigenvalue weighted by atomic mass is 9.43. The second-order valence-corrected chi connectivity index (χ2v) is 10.7. The van der Waals surface area contributed by atoms with Crippen molar-refractivity contribution in [3.8, 4) is 11.8 Å². The normalized spacial score (nSPS) is 34.0. The van der Waals surface area contributed by atoms with Crippen LogP contribution >= 0.6 is 0 Å². The average Bonchev–Trinajstić information content (AvgIpc) is 3.33. The molecule has 0 radical (unpaired) electrons. The van der Waals surface area contributed by atoms with Crippen molar-refractivity contribution < 1.29 is 47.3 Å². The predicted octanol–water partition coefficient (Wildman–Crippen LogP) is 2.91. The zero-order chi connectivity index (χ0) is 27.8. The largest absolute Gasteiger partial charge is 0.469 e. The molecule has 3 aliphatic rings. The SMILES string of the molecule is CC#Cc1occc1C1CC2(C)C(CCC3(C)C(C(=O)OC)CC(OC(=O)CC(=O)OC)C(=O)C32)C(=O)O1. The van der Waals surface area contributed by atoms with E-state index < -0.39 is 71.1 Å². The van der Waals surface area contributed by atoms with Gasteiger partial charge in [0, 0.05) is 17.9 Å². The van der Waals surface area contributed by atoms with Crippen LogP contribution in [-0.2, 0) is 42.9 Å². The second kappa shape index (κ2) is 10.3. The molecule has 2 aliphatic carbocycles. The summed E-state index contributed by atoms with van der Waals surface area (Å²) >= 11 is 0. The van der Waals surface area contributed by atoms with Gasteiger partial charge in [-0.15, -0.1) is 0 Å². The van der Waals surface area contributed by atoms with E-state index in [-0.39, 0.29) is 18.6 Å². The number of hydrogen-bond acceptors (Lipinski definition) is 10. The third-order valence-corrected chi connectivity index (χ3v) is 8.66. The van der Waals surface area contributed by atoms with Crippen LogP contribution in [0.4, 0.5) is 0 Å². The fraction of sp³-hybridized carbons (Fsp3) is 0.607. The van der Waals surface area contributed by atoms with Crippen molar-refractivity contribution in [1.82, 2.24) is 0 Å². The van der Waals surface area contributed by atoms with Crippen molar-refractivity contribution in [1.29, 1.82) is 0 Å². The topological polar surface area (TPSA) is 135 Å². The molecule has 3 fully saturated rings. The number of rotatable bonds is 5. The molecule has 0 bridgehead atoms. The Bertz CT molecular complexity index is 1220. The molecule has 2 heterocycles. The first-order valence-electron chi connectivity index (χ1n) is 12.6. The molecule has 1 aromatic heterocycles. The van der Waals surface area contributed by atoms with Crippen molar-refractivity contribution in [2.75, 3.05) is 14.2 Å². The van der Waals surface area contributed by atoms with Crippen LogP contribution in [0.5, 0.6) is 0 Å². The summed E-state index contributed by atoms with van der Waals surface area (Å²) < 4.78 is 26.4. The van der Waals surface area contributed by atoms with Crippen LogP contribution in [0.15, 0.2) is 16.7 Å². The molecule has 0 amide bonds. The van der Waals surface area contributed by atoms with Crippen LogP contribution < -0.4 is 0 Å². The van der Waals surface area contributed by atoms with Crippen LogP contribution in [0, 0.1) is 40.4 Å². The fourth-order valence-electron chi connectivity index (χ4n) is 6.97. The summed E-state index contributed by atoms with van der Waals surface area (Å²) in [4.78, 5) is 64.5. The van der Waals surface area contributed by atoms with E-state index in [1.807, 2.05) is 13.8 Å². The smallest absolute Gasteiger partial charge is 0.317 e. The lowest BCUT2D eigenvalue weighted by molar-refractivity contribution is -0.210. The number of furan rings is 1. The minimum absolute atomic E-state index is 0.0714. The number of ketones is 1. The first kappa shape index (κ1) is 27.4. The van der Waals surface area contributed by atoms with Crippen molar-refractivity contribution >= 4 is 29.7 Å². The molecular formula is C28H32O10. The summed E-state index contributed by atoms with van der Waals surface area (Å²) in [5.74, 6) is 0.761. The minimum atomic E-state index is -1.28. The van der Waals surface area contributed by atoms with E-state index >= 15 is 0 Å². The lowest BCUT2D eigenvalue weighted by Gasteiger charge is -2.61. The maximum atomic E-state index is 14.1. The number of ether oxygens (including phenoxy) is 4. The first-order chi connectivity index (χ1) is 18.0. The highest BCUT2D eigenvalue weighted by Crippen LogP contribution is 2.65. The number of hydrogen-bond donors (Lipinski definition) is 0. The predicted molar refractivity (Wildman–Crippen MR) is 129 cm³/mol. The Balaban J connectivity index is 1.75. The van der Waals surface area contributed by atoms with Gasteiger partial charge in [-0.25, -0.2) is 0 Å². The number of fused-ring (bicyclic) bond motifs is 3. The van der Waals surface area contributed by atoms with E-state index in [4.69, 9.17) is 18.6 Å². The number of carbonyl (C=O) groups excluding carboxylic acids is 5. The molecule has 1 aromatic rings. The highest BCUT2D eigenvalue weighted by molar-refractivity contribution is 5.96. The summed E-state index contributed by atoms with van der Waals surface area (Å²) in [6.07, 6.45) is -0.148. The fourth-order valence-corrected chi connectivity index (χ4v) is 6.97. The van der Waals surface area contributed by atoms with E-state index in [2.05, 4.69) is 16.6 Å². The standard InChI is InChI=1S/C28H32O10/c1-6-7-18-15(9-11-36-18)20-14-28(3)16(26(33)38-20)8-10-27(2)17(25(32)35-5)12-19(23(31)24(27)28)37-22(30)13-21(29)34-4/h9,11,16-17,19-20,24H,8,10,12-14H2,1-5H3. The maximum Gasteiger partial charge on any atom is 0.317 e. The van der Waals surface area contributed by atoms with Crippen LogP contribution in [-0.4, -0.2) is 50.0 Å². The van der Waals surface area contributed by atoms with Gasteiger partial charge in [-0.05, 0) is 49.0 Å². The second-order valence-electron chi connectivity index (χ2n) is 10.7. The Kier molecular flexibility index (Phi) is 7.42. The zero-order valence-corrected chi connectivity index (χ0v) is 22.2. The Morgan fingerprint density at radius 3 is 2.50 bits per heavy atom. The lowest BCUT2D eigenvalue weighted by Crippen LogP contribution is -2.64. The zero-order valence-electron chi connectivity index (χ0n) is 22.2. The Labute approximate surface area is 220 Å². The monoisotopic (exact) mass is 528 g/mol. The summed E-state index contributed by atoms with van der Waals surface area (Å²) in [6.45, 7) is 5.40. The van der Waals surface area contributed by atoms with Crippen LogP contribution in [0.3, 0.4) is 0 Å². The highest BCUT2D eigenvalue weighted by atomic mass is 16.6. The molecule has 7 unspecified atom stereocenters. The Morgan fingerprint density at radius 1 is 1.11 bits per heavy atom. The first-order valence-corrected chi connectivity index (χ1v) is 12.6. The molecule has 0 N–H and O–H groups in total. The number of esters is 4. The molecule has 10 nitrogen and oxygen atoms in total. The van der Waals surface area contributed by atoms with Gasteiger partial charge in [0.2, 0.25) is 0 Å². The van der Waals surface area contributed by atoms with Crippen LogP contribution in [0.1, 0.15) is 70.3 Å². The van der Waals surface area contributed by atoms with Crippen molar-refractivity contribution in [2.45, 2.75) is 65.1 Å². The molecule has 4 rings (SSSR count). The van der Waals surface area contributed by atoms with E-state index in [1.165, 1.54) is 13.4 Å². The Hall–Kier alpha value is -3.61. The van der Waals surface area contributed by atoms with Gasteiger partial charge in [-0.1, -0.05) is 19.8 Å². The van der Waals surface area contributed by atoms with Gasteiger partial charge in [-0.2, -0.15) is 0 Å². The summed E-state index contributed by atoms with van der Waals surface area (Å²) in [6, 6.07) is 1.70. The van der Waals surface area contributed by atoms with Gasteiger partial charge < -0.3 is 23.4 Å². The number of carbonyl (C=O) groups is 5. The van der Waals surface area contributed by atoms with Crippen LogP contribution in [0.25, 0.3) is 0 Å². The van der Waals surface area contributed by atoms with E-state index in [9.17, 15) is 24.0 Å². The van der Waals surface area contributed by atoms with E-state index in [0.29, 0.717) is 24.2 Å². The molecule has 204 valence electrons. The van der Waals surface area contributed by atoms with E-state index in [0.717, 1.165) is 7.11 Å². The van der Waals surface area contributed by atoms with Gasteiger partial charge in [0.05, 0.1) is 32.3 Å². The summed E-state index contributed by atoms with van der Waals surface area (Å²) in [5.41, 5.74) is -1.18. The average molecular weight is 529 g/mol. The van der Waals surface area contributed by atoms with Crippen molar-refractivity contribution in [3.05, 3.63) is 23.7 Å². The van der Waals surface area contributed by atoms with Crippen molar-refractivity contribution in [2.24, 2.45) is 28.6 Å². The van der Waals surface area contributed by atoms with Gasteiger partial charge in [0.1, 0.15) is 12.5 Å². The van der Waals surface area contributed by atoms with Crippen molar-refractivity contribution in [3.63, 3.8) is 0 Å². The summed E-state index contributed by atoms with van der Waals surface area (Å²) in [7, 11) is 2.41. The molecule has 1 saturated heterocycles. The quantitative estimate of drug-likeness (QED) is 0.243. The van der Waals surface area contributed by atoms with Gasteiger partial charge in [0.15, 0.2) is 17.6 Å². The third-order valence-electron chi connectivity index (χ3n) is 8.66. The minimum Gasteiger partial charge on any atom is -0.469 e. The molecule has 7 atom stereocenters. The number of methoxy groups -OCH3 is 2. The van der Waals surface area contributed by atoms with Gasteiger partial charge in [-0.3, -0.25) is 24.0 Å². The number of Topliss-reactive ketones (excluding diaryl/α,β-unsaturated/α-hetero) is 1. The van der Waals surface area contributed by atoms with E-state index in [1.54, 1.807) is 13.0 Å². The van der Waals surface area contributed by atoms with Gasteiger partial charge >= 0.3 is 23.9 Å². The molecule has 2 saturated carbocycles. The Morgan fingerprint density at radius 2 is 1.84 bits per heavy atom. The number of cyclic esters (lactones) is 1. The summed E-state index contributed by atoms with van der Waals surface area (Å²) in [5, 5.41) is 0.